The summed E-state index contributed by atoms with van der Waals surface area (Å²) in [5.41, 5.74) is 6.29. The molecule has 0 unspecified atom stereocenters. The fourth-order valence-electron chi connectivity index (χ4n) is 3.91. The third-order valence-corrected chi connectivity index (χ3v) is 7.24. The molecule has 8 nitrogen and oxygen atoms in total. The second-order valence-corrected chi connectivity index (χ2v) is 10.3. The van der Waals surface area contributed by atoms with Crippen molar-refractivity contribution >= 4 is 68.6 Å². The minimum atomic E-state index is -0.546. The number of nitrogens with one attached hydrogen (secondary N) is 3. The van der Waals surface area contributed by atoms with Crippen molar-refractivity contribution in [3.63, 3.8) is 0 Å². The average molecular weight is 577 g/mol. The van der Waals surface area contributed by atoms with E-state index >= 15 is 0 Å². The van der Waals surface area contributed by atoms with Gasteiger partial charge in [0.25, 0.3) is 0 Å². The lowest BCUT2D eigenvalue weighted by atomic mass is 10.0. The second-order valence-electron chi connectivity index (χ2n) is 8.44. The number of hydrogen-bond acceptors (Lipinski definition) is 8. The predicted molar refractivity (Wildman–Crippen MR) is 154 cm³/mol. The number of aromatic nitrogens is 5. The Morgan fingerprint density at radius 1 is 1.21 bits per heavy atom. The molecule has 5 aromatic rings. The molecule has 0 aliphatic carbocycles. The van der Waals surface area contributed by atoms with Gasteiger partial charge in [-0.2, -0.15) is 5.26 Å². The van der Waals surface area contributed by atoms with E-state index in [0.717, 1.165) is 10.6 Å². The lowest BCUT2D eigenvalue weighted by Gasteiger charge is -2.20. The quantitative estimate of drug-likeness (QED) is 0.163. The Balaban J connectivity index is 1.55. The minimum Gasteiger partial charge on any atom is -0.373 e. The monoisotopic (exact) mass is 576 g/mol. The first-order chi connectivity index (χ1) is 18.8. The van der Waals surface area contributed by atoms with Crippen LogP contribution in [-0.2, 0) is 0 Å². The highest BCUT2D eigenvalue weighted by Gasteiger charge is 2.19. The highest BCUT2D eigenvalue weighted by atomic mass is 35.5. The van der Waals surface area contributed by atoms with Crippen molar-refractivity contribution in [2.24, 2.45) is 0 Å². The third-order valence-electron chi connectivity index (χ3n) is 5.88. The van der Waals surface area contributed by atoms with E-state index in [0.29, 0.717) is 44.3 Å². The fraction of sp³-hybridized carbons (Fsp3) is 0.0741. The maximum absolute atomic E-state index is 13.7. The number of benzene rings is 2. The Labute approximate surface area is 236 Å². The number of aromatic amines is 1. The van der Waals surface area contributed by atoms with E-state index in [1.54, 1.807) is 29.1 Å². The van der Waals surface area contributed by atoms with Gasteiger partial charge in [0.15, 0.2) is 0 Å². The first-order valence-electron chi connectivity index (χ1n) is 11.5. The summed E-state index contributed by atoms with van der Waals surface area (Å²) in [6.07, 6.45) is 6.88. The van der Waals surface area contributed by atoms with Gasteiger partial charge in [-0.1, -0.05) is 41.1 Å². The van der Waals surface area contributed by atoms with E-state index in [1.165, 1.54) is 24.4 Å². The molecule has 1 atom stereocenters. The van der Waals surface area contributed by atoms with E-state index in [-0.39, 0.29) is 10.6 Å². The molecule has 0 amide bonds. The molecule has 194 valence electrons. The molecular weight excluding hydrogens is 558 g/mol. The lowest BCUT2D eigenvalue weighted by molar-refractivity contribution is 0.628. The summed E-state index contributed by atoms with van der Waals surface area (Å²) in [5, 5.41) is 28.0. The van der Waals surface area contributed by atoms with E-state index in [2.05, 4.69) is 48.7 Å². The van der Waals surface area contributed by atoms with Crippen LogP contribution in [0.5, 0.6) is 0 Å². The Kier molecular flexibility index (Phi) is 7.56. The Morgan fingerprint density at radius 3 is 2.72 bits per heavy atom. The molecule has 0 aliphatic rings. The average Bonchev–Trinajstić information content (AvgIpc) is 3.60. The standard InChI is InChI=1S/C27H19Cl2FN8S/c1-14(3-6-23-15(2)39-13-33-23)25(24-12-34-38-37-24)36-18-7-19-26(35-17-4-5-22(30)20(28)8-17)16(10-31)11-32-27(19)21(29)9-18/h3-9,11-13,25,36H,1H2,2H3,(H,32,35)(H,34,37,38)/b6-3-/t25-/m0/s1. The van der Waals surface area contributed by atoms with E-state index in [9.17, 15) is 9.65 Å². The highest BCUT2D eigenvalue weighted by Crippen LogP contribution is 2.37. The number of nitrogens with zero attached hydrogens (tertiary/aromatic N) is 5. The van der Waals surface area contributed by atoms with Gasteiger partial charge < -0.3 is 10.6 Å². The molecule has 5 rings (SSSR count). The first kappa shape index (κ1) is 26.3. The van der Waals surface area contributed by atoms with Crippen LogP contribution in [0.2, 0.25) is 10.0 Å². The number of hydrogen-bond donors (Lipinski definition) is 3. The van der Waals surface area contributed by atoms with Crippen molar-refractivity contribution in [3.05, 3.63) is 104 Å². The van der Waals surface area contributed by atoms with Crippen LogP contribution in [0, 0.1) is 24.1 Å². The zero-order valence-corrected chi connectivity index (χ0v) is 22.7. The van der Waals surface area contributed by atoms with Crippen LogP contribution in [0.4, 0.5) is 21.5 Å². The van der Waals surface area contributed by atoms with Crippen LogP contribution in [-0.4, -0.2) is 25.4 Å². The molecule has 0 saturated carbocycles. The van der Waals surface area contributed by atoms with Gasteiger partial charge in [0, 0.05) is 34.0 Å². The summed E-state index contributed by atoms with van der Waals surface area (Å²) in [4.78, 5) is 9.84. The molecule has 0 aliphatic heterocycles. The van der Waals surface area contributed by atoms with Gasteiger partial charge in [-0.25, -0.2) is 9.37 Å². The fourth-order valence-corrected chi connectivity index (χ4v) is 4.93. The summed E-state index contributed by atoms with van der Waals surface area (Å²) in [6.45, 7) is 6.24. The van der Waals surface area contributed by atoms with Crippen molar-refractivity contribution in [2.45, 2.75) is 13.0 Å². The molecule has 0 radical (unpaired) electrons. The van der Waals surface area contributed by atoms with Gasteiger partial charge in [0.1, 0.15) is 17.6 Å². The molecule has 3 N–H and O–H groups in total. The van der Waals surface area contributed by atoms with Crippen molar-refractivity contribution in [1.82, 2.24) is 25.4 Å². The van der Waals surface area contributed by atoms with Crippen molar-refractivity contribution in [3.8, 4) is 6.07 Å². The lowest BCUT2D eigenvalue weighted by Crippen LogP contribution is -2.13. The van der Waals surface area contributed by atoms with E-state index in [4.69, 9.17) is 23.2 Å². The van der Waals surface area contributed by atoms with Gasteiger partial charge >= 0.3 is 0 Å². The molecule has 3 aromatic heterocycles. The van der Waals surface area contributed by atoms with Crippen LogP contribution in [0.25, 0.3) is 17.0 Å². The minimum absolute atomic E-state index is 0.0490. The van der Waals surface area contributed by atoms with Gasteiger partial charge in [-0.15, -0.1) is 16.4 Å². The number of fused-ring (bicyclic) bond motifs is 1. The van der Waals surface area contributed by atoms with Crippen LogP contribution in [0.3, 0.4) is 0 Å². The largest absolute Gasteiger partial charge is 0.373 e. The van der Waals surface area contributed by atoms with Crippen LogP contribution in [0.1, 0.15) is 27.9 Å². The summed E-state index contributed by atoms with van der Waals surface area (Å²) >= 11 is 14.2. The first-order valence-corrected chi connectivity index (χ1v) is 13.1. The van der Waals surface area contributed by atoms with Crippen molar-refractivity contribution in [2.75, 3.05) is 10.6 Å². The molecule has 2 aromatic carbocycles. The number of halogens is 3. The van der Waals surface area contributed by atoms with Crippen LogP contribution in [0.15, 0.2) is 66.5 Å². The maximum Gasteiger partial charge on any atom is 0.141 e. The summed E-state index contributed by atoms with van der Waals surface area (Å²) in [6, 6.07) is 9.44. The van der Waals surface area contributed by atoms with Gasteiger partial charge in [0.05, 0.1) is 44.1 Å². The zero-order chi connectivity index (χ0) is 27.5. The predicted octanol–water partition coefficient (Wildman–Crippen LogP) is 7.60. The molecule has 12 heteroatoms. The van der Waals surface area contributed by atoms with Crippen molar-refractivity contribution in [1.29, 1.82) is 5.26 Å². The highest BCUT2D eigenvalue weighted by molar-refractivity contribution is 7.09. The van der Waals surface area contributed by atoms with Crippen molar-refractivity contribution < 1.29 is 4.39 Å². The smallest absolute Gasteiger partial charge is 0.141 e. The number of nitriles is 1. The number of aryl methyl sites for hydroxylation is 1. The number of thiazole rings is 1. The maximum atomic E-state index is 13.7. The van der Waals surface area contributed by atoms with E-state index in [1.807, 2.05) is 25.1 Å². The Hall–Kier alpha value is -4.30. The number of H-pyrrole nitrogens is 1. The molecule has 0 spiro atoms. The number of rotatable bonds is 8. The Bertz CT molecular complexity index is 1760. The molecule has 0 saturated heterocycles. The number of anilines is 3. The molecule has 3 heterocycles. The number of pyridine rings is 1. The third kappa shape index (κ3) is 5.61. The van der Waals surface area contributed by atoms with Gasteiger partial charge in [-0.05, 0) is 48.9 Å². The zero-order valence-electron chi connectivity index (χ0n) is 20.3. The summed E-state index contributed by atoms with van der Waals surface area (Å²) in [7, 11) is 0. The van der Waals surface area contributed by atoms with Gasteiger partial charge in [0.2, 0.25) is 0 Å². The molecular formula is C27H19Cl2FN8S. The Morgan fingerprint density at radius 2 is 2.03 bits per heavy atom. The topological polar surface area (TPSA) is 115 Å². The van der Waals surface area contributed by atoms with Crippen LogP contribution < -0.4 is 10.6 Å². The molecule has 39 heavy (non-hydrogen) atoms. The van der Waals surface area contributed by atoms with Crippen LogP contribution >= 0.6 is 34.5 Å². The SMILES string of the molecule is C=C(/C=C\c1ncsc1C)[C@H](Nc1cc(Cl)c2ncc(C#N)c(Nc3ccc(F)c(Cl)c3)c2c1)c1c[nH]nn1. The van der Waals surface area contributed by atoms with Gasteiger partial charge in [-0.3, -0.25) is 10.1 Å². The summed E-state index contributed by atoms with van der Waals surface area (Å²) < 4.78 is 13.7. The molecule has 0 fully saturated rings. The second kappa shape index (κ2) is 11.2. The van der Waals surface area contributed by atoms with E-state index < -0.39 is 11.9 Å². The summed E-state index contributed by atoms with van der Waals surface area (Å²) in [5.74, 6) is -0.546. The normalized spacial score (nSPS) is 12.0. The molecule has 0 bridgehead atoms.